The van der Waals surface area contributed by atoms with Gasteiger partial charge in [-0.05, 0) is 130 Å². The molecule has 2 aliphatic heterocycles. The molecule has 3 heterocycles. The summed E-state index contributed by atoms with van der Waals surface area (Å²) in [6, 6.07) is 12.2. The van der Waals surface area contributed by atoms with Gasteiger partial charge in [0.25, 0.3) is 0 Å². The Labute approximate surface area is 363 Å². The molecule has 62 heavy (non-hydrogen) atoms. The molecule has 3 aromatic rings. The molecule has 1 N–H and O–H groups in total. The molecule has 12 nitrogen and oxygen atoms in total. The number of aromatic nitrogens is 1. The van der Waals surface area contributed by atoms with Gasteiger partial charge in [0.05, 0.1) is 54.5 Å². The number of hydrogen-bond acceptors (Lipinski definition) is 10. The van der Waals surface area contributed by atoms with Crippen molar-refractivity contribution in [3.63, 3.8) is 0 Å². The lowest BCUT2D eigenvalue weighted by molar-refractivity contribution is -0.152. The van der Waals surface area contributed by atoms with Gasteiger partial charge in [-0.15, -0.1) is 0 Å². The van der Waals surface area contributed by atoms with Crippen LogP contribution in [0.15, 0.2) is 60.7 Å². The minimum Gasteiger partial charge on any atom is -0.497 e. The van der Waals surface area contributed by atoms with Crippen LogP contribution in [-0.4, -0.2) is 79.0 Å². The van der Waals surface area contributed by atoms with E-state index in [2.05, 4.69) is 18.6 Å². The topological polar surface area (TPSA) is 158 Å². The molecule has 3 saturated carbocycles. The van der Waals surface area contributed by atoms with Crippen LogP contribution < -0.4 is 14.2 Å². The van der Waals surface area contributed by atoms with Crippen molar-refractivity contribution in [3.05, 3.63) is 66.5 Å². The van der Waals surface area contributed by atoms with Gasteiger partial charge in [0.15, 0.2) is 5.78 Å². The molecule has 1 aromatic heterocycles. The molecule has 2 aromatic carbocycles. The number of allylic oxidation sites excluding steroid dienone is 2. The summed E-state index contributed by atoms with van der Waals surface area (Å²) in [6.45, 7) is 8.05. The number of sulfonamides is 1. The maximum atomic E-state index is 15.1. The average Bonchev–Trinajstić information content (AvgIpc) is 4.20. The molecule has 0 unspecified atom stereocenters. The van der Waals surface area contributed by atoms with E-state index < -0.39 is 55.9 Å². The van der Waals surface area contributed by atoms with E-state index in [1.807, 2.05) is 37.3 Å². The zero-order valence-corrected chi connectivity index (χ0v) is 37.1. The largest absolute Gasteiger partial charge is 0.497 e. The van der Waals surface area contributed by atoms with Crippen molar-refractivity contribution in [2.75, 3.05) is 20.3 Å². The van der Waals surface area contributed by atoms with Crippen molar-refractivity contribution in [3.8, 4) is 22.9 Å². The Kier molecular flexibility index (Phi) is 11.8. The van der Waals surface area contributed by atoms with Gasteiger partial charge in [0.2, 0.25) is 27.7 Å². The van der Waals surface area contributed by atoms with Gasteiger partial charge < -0.3 is 19.1 Å². The number of carbonyl (C=O) groups is 4. The Morgan fingerprint density at radius 3 is 2.44 bits per heavy atom. The SMILES string of the molecule is COc1ccc2c(O[C@@H]3C[C@H]4C(=O)C[C@]5(C(=O)NS(=O)(=O)C6(C)CC6)C[C@H]5/C=C\CC[C@H](C)C[C@@H](C)[C@H](CC(=O)OCC5(C)CC5)C(=O)N4C3)nc(-c3ccc(F)cc3)cc2c1. The highest BCUT2D eigenvalue weighted by Gasteiger charge is 2.63. The lowest BCUT2D eigenvalue weighted by Crippen LogP contribution is -2.48. The second kappa shape index (κ2) is 16.7. The quantitative estimate of drug-likeness (QED) is 0.149. The van der Waals surface area contributed by atoms with Crippen molar-refractivity contribution in [2.45, 2.75) is 115 Å². The Morgan fingerprint density at radius 1 is 1.00 bits per heavy atom. The lowest BCUT2D eigenvalue weighted by Gasteiger charge is -2.32. The second-order valence-corrected chi connectivity index (χ2v) is 21.7. The first-order valence-electron chi connectivity index (χ1n) is 22.1. The van der Waals surface area contributed by atoms with Crippen LogP contribution in [0, 0.1) is 40.3 Å². The van der Waals surface area contributed by atoms with Gasteiger partial charge in [-0.2, -0.15) is 0 Å². The van der Waals surface area contributed by atoms with E-state index in [1.54, 1.807) is 32.2 Å². The highest BCUT2D eigenvalue weighted by atomic mass is 32.2. The van der Waals surface area contributed by atoms with Gasteiger partial charge in [-0.25, -0.2) is 17.8 Å². The number of nitrogens with one attached hydrogen (secondary N) is 1. The molecule has 8 rings (SSSR count). The number of Topliss-reactive ketones (excluding diaryl/α,β-unsaturated/α-hetero) is 1. The number of hydrogen-bond donors (Lipinski definition) is 1. The van der Waals surface area contributed by atoms with Crippen LogP contribution in [0.4, 0.5) is 4.39 Å². The molecular formula is C48H58FN3O9S. The monoisotopic (exact) mass is 871 g/mol. The predicted octanol–water partition coefficient (Wildman–Crippen LogP) is 7.72. The summed E-state index contributed by atoms with van der Waals surface area (Å²) in [5, 5.41) is 1.39. The number of ketones is 1. The third-order valence-corrected chi connectivity index (χ3v) is 16.4. The average molecular weight is 872 g/mol. The zero-order valence-electron chi connectivity index (χ0n) is 36.3. The number of fused-ring (bicyclic) bond motifs is 3. The zero-order chi connectivity index (χ0) is 44.2. The minimum absolute atomic E-state index is 0.00347. The summed E-state index contributed by atoms with van der Waals surface area (Å²) in [7, 11) is -2.42. The second-order valence-electron chi connectivity index (χ2n) is 19.5. The molecule has 14 heteroatoms. The van der Waals surface area contributed by atoms with Crippen LogP contribution in [-0.2, 0) is 33.9 Å². The molecule has 2 amide bonds. The molecule has 7 atom stereocenters. The summed E-state index contributed by atoms with van der Waals surface area (Å²) in [6.07, 6.45) is 8.15. The molecule has 0 bridgehead atoms. The van der Waals surface area contributed by atoms with Crippen molar-refractivity contribution < 1.29 is 46.2 Å². The highest BCUT2D eigenvalue weighted by molar-refractivity contribution is 7.91. The van der Waals surface area contributed by atoms with Crippen LogP contribution in [0.1, 0.15) is 98.3 Å². The fraction of sp³-hybridized carbons (Fsp3) is 0.562. The van der Waals surface area contributed by atoms with Gasteiger partial charge in [0, 0.05) is 29.2 Å². The van der Waals surface area contributed by atoms with Crippen LogP contribution in [0.25, 0.3) is 22.0 Å². The third-order valence-electron chi connectivity index (χ3n) is 14.3. The number of benzene rings is 2. The number of rotatable bonds is 11. The maximum Gasteiger partial charge on any atom is 0.306 e. The molecule has 0 spiro atoms. The smallest absolute Gasteiger partial charge is 0.306 e. The van der Waals surface area contributed by atoms with Crippen molar-refractivity contribution in [2.24, 2.45) is 34.5 Å². The Hall–Kier alpha value is -4.85. The first-order chi connectivity index (χ1) is 29.4. The van der Waals surface area contributed by atoms with E-state index in [1.165, 1.54) is 17.0 Å². The van der Waals surface area contributed by atoms with E-state index in [4.69, 9.17) is 19.2 Å². The summed E-state index contributed by atoms with van der Waals surface area (Å²) in [5.41, 5.74) is -0.185. The van der Waals surface area contributed by atoms with Crippen LogP contribution >= 0.6 is 0 Å². The molecular weight excluding hydrogens is 814 g/mol. The number of nitrogens with zero attached hydrogens (tertiary/aromatic N) is 2. The molecule has 3 aliphatic carbocycles. The Morgan fingerprint density at radius 2 is 1.74 bits per heavy atom. The summed E-state index contributed by atoms with van der Waals surface area (Å²) < 4.78 is 59.9. The summed E-state index contributed by atoms with van der Waals surface area (Å²) in [5.74, 6) is -2.65. The molecule has 332 valence electrons. The first kappa shape index (κ1) is 43.8. The van der Waals surface area contributed by atoms with Crippen molar-refractivity contribution in [1.29, 1.82) is 0 Å². The number of carbonyl (C=O) groups excluding carboxylic acids is 4. The van der Waals surface area contributed by atoms with E-state index in [0.717, 1.165) is 24.6 Å². The van der Waals surface area contributed by atoms with E-state index in [-0.39, 0.29) is 73.2 Å². The number of esters is 1. The predicted molar refractivity (Wildman–Crippen MR) is 231 cm³/mol. The first-order valence-corrected chi connectivity index (χ1v) is 23.5. The van der Waals surface area contributed by atoms with Gasteiger partial charge in [-0.3, -0.25) is 23.9 Å². The van der Waals surface area contributed by atoms with Crippen LogP contribution in [0.5, 0.6) is 11.6 Å². The number of pyridine rings is 1. The van der Waals surface area contributed by atoms with Crippen molar-refractivity contribution >= 4 is 44.4 Å². The number of amides is 2. The summed E-state index contributed by atoms with van der Waals surface area (Å²) >= 11 is 0. The Balaban J connectivity index is 1.14. The standard InChI is InChI=1S/C48H58FN3O9S/c1-29-8-6-7-9-33-25-48(33,45(56)51-62(57,58)47(4)18-19-47)26-41(53)40-23-36(27-52(40)44(55)38(30(2)20-29)24-42(54)60-28-46(3)16-17-46)61-43-37-15-14-35(59-5)21-32(37)22-39(50-43)31-10-12-34(49)13-11-31/h7,9-15,21-22,29-30,33,36,38,40H,6,8,16-20,23-28H2,1-5H3,(H,51,56)/b9-7-/t29-,30+,33+,36+,38-,40-,48+/m0/s1. The number of ether oxygens (including phenoxy) is 3. The van der Waals surface area contributed by atoms with Gasteiger partial charge in [-0.1, -0.05) is 32.9 Å². The molecule has 5 aliphatic rings. The fourth-order valence-electron chi connectivity index (χ4n) is 9.28. The van der Waals surface area contributed by atoms with Gasteiger partial charge >= 0.3 is 5.97 Å². The number of halogens is 1. The van der Waals surface area contributed by atoms with Gasteiger partial charge in [0.1, 0.15) is 17.7 Å². The van der Waals surface area contributed by atoms with Crippen molar-refractivity contribution in [1.82, 2.24) is 14.6 Å². The highest BCUT2D eigenvalue weighted by Crippen LogP contribution is 2.58. The van der Waals surface area contributed by atoms with Crippen LogP contribution in [0.2, 0.25) is 0 Å². The summed E-state index contributed by atoms with van der Waals surface area (Å²) in [4.78, 5) is 64.0. The van der Waals surface area contributed by atoms with E-state index >= 15 is 4.79 Å². The minimum atomic E-state index is -3.99. The number of methoxy groups -OCH3 is 1. The fourth-order valence-corrected chi connectivity index (χ4v) is 10.6. The molecule has 0 radical (unpaired) electrons. The lowest BCUT2D eigenvalue weighted by atomic mass is 9.82. The normalized spacial score (nSPS) is 29.6. The van der Waals surface area contributed by atoms with E-state index in [0.29, 0.717) is 54.5 Å². The van der Waals surface area contributed by atoms with E-state index in [9.17, 15) is 27.2 Å². The maximum absolute atomic E-state index is 15.1. The molecule has 1 saturated heterocycles. The Bertz CT molecular complexity index is 2400. The van der Waals surface area contributed by atoms with Crippen LogP contribution in [0.3, 0.4) is 0 Å². The third kappa shape index (κ3) is 9.12. The molecule has 4 fully saturated rings.